The summed E-state index contributed by atoms with van der Waals surface area (Å²) >= 11 is 6.03. The van der Waals surface area contributed by atoms with Gasteiger partial charge in [-0.1, -0.05) is 23.7 Å². The molecule has 32 heavy (non-hydrogen) atoms. The van der Waals surface area contributed by atoms with E-state index in [1.807, 2.05) is 24.3 Å². The number of carbonyl (C=O) groups excluding carboxylic acids is 2. The van der Waals surface area contributed by atoms with Gasteiger partial charge >= 0.3 is 5.97 Å². The average molecular weight is 457 g/mol. The van der Waals surface area contributed by atoms with Gasteiger partial charge in [0.1, 0.15) is 18.1 Å². The van der Waals surface area contributed by atoms with E-state index < -0.39 is 5.97 Å². The van der Waals surface area contributed by atoms with Gasteiger partial charge in [0.2, 0.25) is 11.5 Å². The molecular weight excluding hydrogens is 432 g/mol. The number of halogens is 1. The van der Waals surface area contributed by atoms with Crippen LogP contribution in [0.3, 0.4) is 0 Å². The van der Waals surface area contributed by atoms with E-state index in [1.54, 1.807) is 31.2 Å². The maximum atomic E-state index is 12.9. The number of benzene rings is 2. The summed E-state index contributed by atoms with van der Waals surface area (Å²) in [4.78, 5) is 24.7. The Morgan fingerprint density at radius 1 is 1.16 bits per heavy atom. The van der Waals surface area contributed by atoms with Crippen LogP contribution in [0.2, 0.25) is 5.02 Å². The first-order chi connectivity index (χ1) is 15.5. The second kappa shape index (κ2) is 10.2. The van der Waals surface area contributed by atoms with Crippen molar-refractivity contribution in [3.05, 3.63) is 76.7 Å². The zero-order valence-electron chi connectivity index (χ0n) is 17.8. The zero-order valence-corrected chi connectivity index (χ0v) is 18.5. The van der Waals surface area contributed by atoms with Gasteiger partial charge in [-0.2, -0.15) is 0 Å². The first-order valence-electron chi connectivity index (χ1n) is 10.7. The Balaban J connectivity index is 1.33. The van der Waals surface area contributed by atoms with Crippen molar-refractivity contribution < 1.29 is 28.5 Å². The summed E-state index contributed by atoms with van der Waals surface area (Å²) in [5, 5.41) is 0.684. The summed E-state index contributed by atoms with van der Waals surface area (Å²) in [7, 11) is 0. The van der Waals surface area contributed by atoms with Crippen LogP contribution in [0.25, 0.3) is 0 Å². The molecule has 3 unspecified atom stereocenters. The number of fused-ring (bicyclic) bond motifs is 1. The fourth-order valence-electron chi connectivity index (χ4n) is 4.00. The number of carbonyl (C=O) groups is 2. The second-order valence-electron chi connectivity index (χ2n) is 7.85. The van der Waals surface area contributed by atoms with Crippen LogP contribution in [0.4, 0.5) is 0 Å². The number of hydrogen-bond donors (Lipinski definition) is 0. The van der Waals surface area contributed by atoms with Gasteiger partial charge in [0.05, 0.1) is 30.8 Å². The zero-order chi connectivity index (χ0) is 22.5. The Hall–Kier alpha value is -2.83. The topological polar surface area (TPSA) is 71.1 Å². The molecule has 1 aliphatic heterocycles. The van der Waals surface area contributed by atoms with Crippen molar-refractivity contribution in [1.29, 1.82) is 0 Å². The van der Waals surface area contributed by atoms with E-state index in [-0.39, 0.29) is 29.7 Å². The Kier molecular flexibility index (Phi) is 7.12. The molecule has 168 valence electrons. The normalized spacial score (nSPS) is 22.4. The molecule has 0 bridgehead atoms. The maximum absolute atomic E-state index is 12.9. The van der Waals surface area contributed by atoms with E-state index in [4.69, 9.17) is 30.5 Å². The number of allylic oxidation sites excluding steroid dienone is 1. The van der Waals surface area contributed by atoms with Crippen molar-refractivity contribution >= 4 is 23.4 Å². The molecule has 0 saturated heterocycles. The van der Waals surface area contributed by atoms with Crippen LogP contribution in [0.15, 0.2) is 60.6 Å². The molecule has 1 heterocycles. The lowest BCUT2D eigenvalue weighted by atomic mass is 9.80. The maximum Gasteiger partial charge on any atom is 0.338 e. The molecule has 1 aliphatic carbocycles. The molecule has 0 spiro atoms. The van der Waals surface area contributed by atoms with Gasteiger partial charge in [-0.05, 0) is 61.7 Å². The number of hydrogen-bond acceptors (Lipinski definition) is 6. The molecule has 0 N–H and O–H groups in total. The third-order valence-corrected chi connectivity index (χ3v) is 5.88. The summed E-state index contributed by atoms with van der Waals surface area (Å²) in [6, 6.07) is 14.1. The Bertz CT molecular complexity index is 1000. The van der Waals surface area contributed by atoms with Crippen LogP contribution in [-0.2, 0) is 25.6 Å². The second-order valence-corrected chi connectivity index (χ2v) is 8.29. The largest absolute Gasteiger partial charge is 0.493 e. The van der Waals surface area contributed by atoms with Gasteiger partial charge in [0, 0.05) is 11.4 Å². The fraction of sp³-hybridized carbons (Fsp3) is 0.360. The monoisotopic (exact) mass is 456 g/mol. The van der Waals surface area contributed by atoms with Crippen LogP contribution in [0.1, 0.15) is 42.1 Å². The Morgan fingerprint density at radius 3 is 2.72 bits per heavy atom. The molecule has 4 rings (SSSR count). The first-order valence-corrected chi connectivity index (χ1v) is 11.1. The smallest absolute Gasteiger partial charge is 0.338 e. The van der Waals surface area contributed by atoms with Crippen LogP contribution in [0.5, 0.6) is 5.75 Å². The Morgan fingerprint density at radius 2 is 1.97 bits per heavy atom. The summed E-state index contributed by atoms with van der Waals surface area (Å²) < 4.78 is 22.6. The van der Waals surface area contributed by atoms with Gasteiger partial charge in [-0.3, -0.25) is 4.79 Å². The van der Waals surface area contributed by atoms with Crippen LogP contribution >= 0.6 is 11.6 Å². The highest BCUT2D eigenvalue weighted by Gasteiger charge is 2.41. The third kappa shape index (κ3) is 5.31. The van der Waals surface area contributed by atoms with Crippen molar-refractivity contribution in [2.24, 2.45) is 5.92 Å². The summed E-state index contributed by atoms with van der Waals surface area (Å²) in [5.41, 5.74) is 1.44. The number of esters is 1. The number of rotatable bonds is 7. The number of ether oxygens (including phenoxy) is 4. The van der Waals surface area contributed by atoms with Crippen LogP contribution in [0, 0.1) is 5.92 Å². The summed E-state index contributed by atoms with van der Waals surface area (Å²) in [5.74, 6) is -0.0805. The molecule has 0 radical (unpaired) electrons. The summed E-state index contributed by atoms with van der Waals surface area (Å²) in [6.07, 6.45) is 3.29. The fourth-order valence-corrected chi connectivity index (χ4v) is 4.21. The molecule has 3 atom stereocenters. The standard InChI is InChI=1S/C25H25ClO6/c1-2-29-25(28)17-6-8-19(9-7-17)32-23-15-31-22-13-20(10-11-21(22)24(23)27)30-14-16-4-3-5-18(26)12-16/h3-9,12,15,20-22H,2,10-11,13-14H2,1H3. The van der Waals surface area contributed by atoms with Gasteiger partial charge < -0.3 is 18.9 Å². The highest BCUT2D eigenvalue weighted by molar-refractivity contribution is 6.30. The van der Waals surface area contributed by atoms with Crippen molar-refractivity contribution in [3.63, 3.8) is 0 Å². The highest BCUT2D eigenvalue weighted by Crippen LogP contribution is 2.35. The van der Waals surface area contributed by atoms with Crippen molar-refractivity contribution in [3.8, 4) is 5.75 Å². The minimum Gasteiger partial charge on any atom is -0.493 e. The minimum absolute atomic E-state index is 0.0225. The van der Waals surface area contributed by atoms with E-state index in [9.17, 15) is 9.59 Å². The number of ketones is 1. The molecule has 1 fully saturated rings. The van der Waals surface area contributed by atoms with E-state index in [0.717, 1.165) is 12.0 Å². The molecule has 0 aromatic heterocycles. The highest BCUT2D eigenvalue weighted by atomic mass is 35.5. The quantitative estimate of drug-likeness (QED) is 0.540. The molecule has 7 heteroatoms. The van der Waals surface area contributed by atoms with Crippen molar-refractivity contribution in [2.75, 3.05) is 6.61 Å². The van der Waals surface area contributed by atoms with Crippen LogP contribution < -0.4 is 4.74 Å². The molecule has 1 saturated carbocycles. The molecule has 2 aromatic rings. The average Bonchev–Trinajstić information content (AvgIpc) is 2.80. The SMILES string of the molecule is CCOC(=O)c1ccc(OC2=COC3CC(OCc4cccc(Cl)c4)CCC3C2=O)cc1. The Labute approximate surface area is 192 Å². The molecule has 2 aromatic carbocycles. The molecule has 6 nitrogen and oxygen atoms in total. The molecular formula is C25H25ClO6. The van der Waals surface area contributed by atoms with Crippen LogP contribution in [-0.4, -0.2) is 30.6 Å². The van der Waals surface area contributed by atoms with Crippen molar-refractivity contribution in [2.45, 2.75) is 45.0 Å². The van der Waals surface area contributed by atoms with Gasteiger partial charge in [-0.25, -0.2) is 4.79 Å². The predicted octanol–water partition coefficient (Wildman–Crippen LogP) is 5.09. The molecule has 0 amide bonds. The van der Waals surface area contributed by atoms with E-state index >= 15 is 0 Å². The van der Waals surface area contributed by atoms with E-state index in [1.165, 1.54) is 6.26 Å². The van der Waals surface area contributed by atoms with Gasteiger partial charge in [0.15, 0.2) is 0 Å². The lowest BCUT2D eigenvalue weighted by Crippen LogP contribution is -2.42. The van der Waals surface area contributed by atoms with Crippen molar-refractivity contribution in [1.82, 2.24) is 0 Å². The number of Topliss-reactive ketones (excluding diaryl/α,β-unsaturated/α-hetero) is 1. The predicted molar refractivity (Wildman–Crippen MR) is 118 cm³/mol. The first kappa shape index (κ1) is 22.4. The third-order valence-electron chi connectivity index (χ3n) is 5.64. The molecule has 2 aliphatic rings. The lowest BCUT2D eigenvalue weighted by Gasteiger charge is -2.37. The van der Waals surface area contributed by atoms with E-state index in [2.05, 4.69) is 0 Å². The minimum atomic E-state index is -0.396. The van der Waals surface area contributed by atoms with Gasteiger partial charge in [-0.15, -0.1) is 0 Å². The van der Waals surface area contributed by atoms with E-state index in [0.29, 0.717) is 42.4 Å². The van der Waals surface area contributed by atoms with Gasteiger partial charge in [0.25, 0.3) is 0 Å². The summed E-state index contributed by atoms with van der Waals surface area (Å²) in [6.45, 7) is 2.54. The lowest BCUT2D eigenvalue weighted by molar-refractivity contribution is -0.134.